The first kappa shape index (κ1) is 16.4. The monoisotopic (exact) mass is 371 g/mol. The van der Waals surface area contributed by atoms with Crippen LogP contribution in [0.1, 0.15) is 40.5 Å². The van der Waals surface area contributed by atoms with E-state index in [2.05, 4.69) is 4.98 Å². The molecule has 0 spiro atoms. The third kappa shape index (κ3) is 2.76. The second kappa shape index (κ2) is 6.34. The molecule has 9 heteroatoms. The van der Waals surface area contributed by atoms with E-state index in [-0.39, 0.29) is 44.7 Å². The molecule has 1 aliphatic heterocycles. The number of fused-ring (bicyclic) bond motifs is 1. The third-order valence-corrected chi connectivity index (χ3v) is 5.30. The largest absolute Gasteiger partial charge is 0.459 e. The summed E-state index contributed by atoms with van der Waals surface area (Å²) >= 11 is 0.935. The minimum atomic E-state index is -0.372. The molecule has 0 saturated carbocycles. The third-order valence-electron chi connectivity index (χ3n) is 4.24. The topological polar surface area (TPSA) is 101 Å². The molecule has 2 aromatic rings. The summed E-state index contributed by atoms with van der Waals surface area (Å²) in [6.07, 6.45) is 3.79. The SMILES string of the molecule is O=C1C=CC(=O)c2sc(C(=O)N3CCN(C(=O)c4ccco4)CC3)nc21. The van der Waals surface area contributed by atoms with E-state index in [1.165, 1.54) is 12.3 Å². The lowest BCUT2D eigenvalue weighted by atomic mass is 10.1. The van der Waals surface area contributed by atoms with Gasteiger partial charge in [0.25, 0.3) is 11.8 Å². The molecule has 1 fully saturated rings. The van der Waals surface area contributed by atoms with Crippen molar-refractivity contribution in [2.75, 3.05) is 26.2 Å². The molecule has 0 unspecified atom stereocenters. The Labute approximate surface area is 151 Å². The highest BCUT2D eigenvalue weighted by molar-refractivity contribution is 7.16. The molecule has 0 bridgehead atoms. The zero-order chi connectivity index (χ0) is 18.3. The van der Waals surface area contributed by atoms with Crippen molar-refractivity contribution in [1.82, 2.24) is 14.8 Å². The number of hydrogen-bond donors (Lipinski definition) is 0. The number of carbonyl (C=O) groups is 4. The van der Waals surface area contributed by atoms with Crippen molar-refractivity contribution in [3.8, 4) is 0 Å². The Morgan fingerprint density at radius 3 is 2.27 bits per heavy atom. The van der Waals surface area contributed by atoms with Gasteiger partial charge in [-0.05, 0) is 24.3 Å². The van der Waals surface area contributed by atoms with Gasteiger partial charge >= 0.3 is 0 Å². The number of carbonyl (C=O) groups excluding carboxylic acids is 4. The maximum atomic E-state index is 12.6. The van der Waals surface area contributed by atoms with Crippen molar-refractivity contribution in [1.29, 1.82) is 0 Å². The van der Waals surface area contributed by atoms with E-state index in [1.807, 2.05) is 0 Å². The van der Waals surface area contributed by atoms with Crippen LogP contribution < -0.4 is 0 Å². The Bertz CT molecular complexity index is 900. The minimum Gasteiger partial charge on any atom is -0.459 e. The summed E-state index contributed by atoms with van der Waals surface area (Å²) in [7, 11) is 0. The summed E-state index contributed by atoms with van der Waals surface area (Å²) in [6, 6.07) is 3.25. The summed E-state index contributed by atoms with van der Waals surface area (Å²) in [4.78, 5) is 56.0. The summed E-state index contributed by atoms with van der Waals surface area (Å²) in [6.45, 7) is 1.43. The van der Waals surface area contributed by atoms with Crippen LogP contribution in [0.25, 0.3) is 0 Å². The van der Waals surface area contributed by atoms with Crippen LogP contribution in [-0.4, -0.2) is 64.3 Å². The fourth-order valence-electron chi connectivity index (χ4n) is 2.86. The Morgan fingerprint density at radius 1 is 1.00 bits per heavy atom. The summed E-state index contributed by atoms with van der Waals surface area (Å²) in [5.41, 5.74) is 0.0393. The maximum absolute atomic E-state index is 12.6. The molecule has 1 aliphatic carbocycles. The predicted octanol–water partition coefficient (Wildman–Crippen LogP) is 1.27. The lowest BCUT2D eigenvalue weighted by molar-refractivity contribution is 0.0518. The number of hydrogen-bond acceptors (Lipinski definition) is 7. The summed E-state index contributed by atoms with van der Waals surface area (Å²) in [5, 5.41) is 0.117. The second-order valence-electron chi connectivity index (χ2n) is 5.82. The van der Waals surface area contributed by atoms with Gasteiger partial charge in [-0.3, -0.25) is 19.2 Å². The Kier molecular flexibility index (Phi) is 4.00. The second-order valence-corrected chi connectivity index (χ2v) is 6.82. The quantitative estimate of drug-likeness (QED) is 0.788. The predicted molar refractivity (Wildman–Crippen MR) is 90.4 cm³/mol. The molecule has 132 valence electrons. The van der Waals surface area contributed by atoms with Crippen molar-refractivity contribution in [3.05, 3.63) is 51.9 Å². The Morgan fingerprint density at radius 2 is 1.65 bits per heavy atom. The van der Waals surface area contributed by atoms with Crippen LogP contribution in [0.5, 0.6) is 0 Å². The van der Waals surface area contributed by atoms with Crippen LogP contribution in [0.3, 0.4) is 0 Å². The smallest absolute Gasteiger partial charge is 0.289 e. The standard InChI is InChI=1S/C17H13N3O5S/c21-10-3-4-11(22)14-13(10)18-15(26-14)17(24)20-7-5-19(6-8-20)16(23)12-2-1-9-25-12/h1-4,9H,5-8H2. The molecular formula is C17H13N3O5S. The van der Waals surface area contributed by atoms with E-state index in [9.17, 15) is 19.2 Å². The molecule has 4 rings (SSSR count). The van der Waals surface area contributed by atoms with Gasteiger partial charge in [0, 0.05) is 26.2 Å². The molecule has 2 amide bonds. The van der Waals surface area contributed by atoms with Gasteiger partial charge in [0.15, 0.2) is 16.6 Å². The van der Waals surface area contributed by atoms with E-state index in [1.54, 1.807) is 21.9 Å². The Balaban J connectivity index is 1.45. The molecule has 0 aromatic carbocycles. The van der Waals surface area contributed by atoms with Crippen LogP contribution in [0.15, 0.2) is 35.0 Å². The number of furan rings is 1. The van der Waals surface area contributed by atoms with Crippen LogP contribution in [0.2, 0.25) is 0 Å². The lowest BCUT2D eigenvalue weighted by Gasteiger charge is -2.33. The minimum absolute atomic E-state index is 0.0393. The molecule has 3 heterocycles. The molecule has 0 atom stereocenters. The normalized spacial score (nSPS) is 16.8. The van der Waals surface area contributed by atoms with Crippen molar-refractivity contribution < 1.29 is 23.6 Å². The number of rotatable bonds is 2. The highest BCUT2D eigenvalue weighted by atomic mass is 32.1. The van der Waals surface area contributed by atoms with Gasteiger partial charge in [0.1, 0.15) is 10.6 Å². The van der Waals surface area contributed by atoms with Crippen LogP contribution in [0.4, 0.5) is 0 Å². The van der Waals surface area contributed by atoms with E-state index < -0.39 is 0 Å². The number of piperazine rings is 1. The fourth-order valence-corrected chi connectivity index (χ4v) is 3.81. The van der Waals surface area contributed by atoms with E-state index in [0.29, 0.717) is 26.2 Å². The molecule has 26 heavy (non-hydrogen) atoms. The van der Waals surface area contributed by atoms with Crippen LogP contribution in [-0.2, 0) is 0 Å². The zero-order valence-corrected chi connectivity index (χ0v) is 14.3. The van der Waals surface area contributed by atoms with Gasteiger partial charge in [-0.1, -0.05) is 0 Å². The highest BCUT2D eigenvalue weighted by Gasteiger charge is 2.31. The molecule has 2 aromatic heterocycles. The number of nitrogens with zero attached hydrogens (tertiary/aromatic N) is 3. The van der Waals surface area contributed by atoms with Gasteiger partial charge in [0.05, 0.1) is 6.26 Å². The summed E-state index contributed by atoms with van der Waals surface area (Å²) in [5.74, 6) is -0.972. The van der Waals surface area contributed by atoms with Crippen molar-refractivity contribution in [3.63, 3.8) is 0 Å². The first-order chi connectivity index (χ1) is 12.5. The van der Waals surface area contributed by atoms with E-state index in [0.717, 1.165) is 17.4 Å². The first-order valence-electron chi connectivity index (χ1n) is 7.94. The van der Waals surface area contributed by atoms with Crippen molar-refractivity contribution >= 4 is 34.7 Å². The molecular weight excluding hydrogens is 358 g/mol. The Hall–Kier alpha value is -3.07. The van der Waals surface area contributed by atoms with Crippen molar-refractivity contribution in [2.24, 2.45) is 0 Å². The van der Waals surface area contributed by atoms with Gasteiger partial charge in [-0.15, -0.1) is 11.3 Å². The van der Waals surface area contributed by atoms with E-state index >= 15 is 0 Å². The fraction of sp³-hybridized carbons (Fsp3) is 0.235. The zero-order valence-electron chi connectivity index (χ0n) is 13.5. The van der Waals surface area contributed by atoms with Gasteiger partial charge in [-0.25, -0.2) is 4.98 Å². The average Bonchev–Trinajstić information content (AvgIpc) is 3.34. The van der Waals surface area contributed by atoms with Crippen LogP contribution in [0, 0.1) is 0 Å². The van der Waals surface area contributed by atoms with Gasteiger partial charge in [-0.2, -0.15) is 0 Å². The number of amides is 2. The lowest BCUT2D eigenvalue weighted by Crippen LogP contribution is -2.50. The maximum Gasteiger partial charge on any atom is 0.289 e. The molecule has 8 nitrogen and oxygen atoms in total. The van der Waals surface area contributed by atoms with Gasteiger partial charge < -0.3 is 14.2 Å². The molecule has 0 N–H and O–H groups in total. The van der Waals surface area contributed by atoms with Crippen molar-refractivity contribution in [2.45, 2.75) is 0 Å². The molecule has 1 saturated heterocycles. The van der Waals surface area contributed by atoms with Crippen LogP contribution >= 0.6 is 11.3 Å². The summed E-state index contributed by atoms with van der Waals surface area (Å²) < 4.78 is 5.11. The average molecular weight is 371 g/mol. The van der Waals surface area contributed by atoms with E-state index in [4.69, 9.17) is 4.42 Å². The number of ketones is 2. The number of thiazole rings is 1. The highest BCUT2D eigenvalue weighted by Crippen LogP contribution is 2.25. The molecule has 0 radical (unpaired) electrons. The first-order valence-corrected chi connectivity index (χ1v) is 8.76. The number of aromatic nitrogens is 1. The number of allylic oxidation sites excluding steroid dienone is 2. The van der Waals surface area contributed by atoms with Gasteiger partial charge in [0.2, 0.25) is 5.78 Å². The molecule has 2 aliphatic rings.